The predicted molar refractivity (Wildman–Crippen MR) is 73.4 cm³/mol. The maximum Gasteiger partial charge on any atom is 0.332 e. The Morgan fingerprint density at radius 3 is 2.75 bits per heavy atom. The summed E-state index contributed by atoms with van der Waals surface area (Å²) in [5.41, 5.74) is 3.68. The van der Waals surface area contributed by atoms with Crippen LogP contribution in [-0.4, -0.2) is 34.7 Å². The molecule has 1 aromatic rings. The van der Waals surface area contributed by atoms with E-state index in [-0.39, 0.29) is 25.3 Å². The molecule has 20 heavy (non-hydrogen) atoms. The highest BCUT2D eigenvalue weighted by Gasteiger charge is 2.14. The summed E-state index contributed by atoms with van der Waals surface area (Å²) in [7, 11) is 0. The predicted octanol–water partition coefficient (Wildman–Crippen LogP) is 0.670. The van der Waals surface area contributed by atoms with Gasteiger partial charge in [0.15, 0.2) is 6.10 Å². The van der Waals surface area contributed by atoms with Crippen LogP contribution in [0.4, 0.5) is 0 Å². The van der Waals surface area contributed by atoms with Gasteiger partial charge in [-0.05, 0) is 36.0 Å². The van der Waals surface area contributed by atoms with Crippen LogP contribution >= 0.6 is 0 Å². The molecule has 1 aromatic carbocycles. The Morgan fingerprint density at radius 1 is 1.25 bits per heavy atom. The Kier molecular flexibility index (Phi) is 4.74. The Balaban J connectivity index is 1.78. The second-order valence-electron chi connectivity index (χ2n) is 5.13. The monoisotopic (exact) mass is 277 g/mol. The van der Waals surface area contributed by atoms with Gasteiger partial charge in [-0.2, -0.15) is 0 Å². The Hall–Kier alpha value is -1.88. The highest BCUT2D eigenvalue weighted by molar-refractivity contribution is 5.78. The van der Waals surface area contributed by atoms with Gasteiger partial charge < -0.3 is 15.5 Å². The van der Waals surface area contributed by atoms with Crippen LogP contribution in [0.3, 0.4) is 0 Å². The molecule has 0 aromatic heterocycles. The van der Waals surface area contributed by atoms with Gasteiger partial charge in [0.1, 0.15) is 0 Å². The molecule has 1 aliphatic carbocycles. The van der Waals surface area contributed by atoms with E-state index >= 15 is 0 Å². The summed E-state index contributed by atoms with van der Waals surface area (Å²) in [6.07, 6.45) is 2.26. The van der Waals surface area contributed by atoms with Gasteiger partial charge in [-0.25, -0.2) is 4.79 Å². The quantitative estimate of drug-likeness (QED) is 0.713. The molecule has 0 saturated carbocycles. The first-order valence-electron chi connectivity index (χ1n) is 6.84. The number of aliphatic hydroxyl groups excluding tert-OH is 1. The van der Waals surface area contributed by atoms with E-state index in [2.05, 4.69) is 17.4 Å². The number of carbonyl (C=O) groups is 2. The number of nitrogens with one attached hydrogen (secondary N) is 1. The summed E-state index contributed by atoms with van der Waals surface area (Å²) in [4.78, 5) is 22.1. The molecule has 1 aliphatic rings. The van der Waals surface area contributed by atoms with Crippen LogP contribution in [0, 0.1) is 0 Å². The molecule has 0 saturated heterocycles. The van der Waals surface area contributed by atoms with E-state index in [0.29, 0.717) is 0 Å². The lowest BCUT2D eigenvalue weighted by Gasteiger charge is -2.08. The molecular weight excluding hydrogens is 258 g/mol. The molecule has 0 spiro atoms. The summed E-state index contributed by atoms with van der Waals surface area (Å²) >= 11 is 0. The van der Waals surface area contributed by atoms with Crippen LogP contribution in [0.15, 0.2) is 18.2 Å². The van der Waals surface area contributed by atoms with Crippen molar-refractivity contribution in [2.45, 2.75) is 38.2 Å². The number of benzene rings is 1. The molecule has 0 aliphatic heterocycles. The van der Waals surface area contributed by atoms with Crippen molar-refractivity contribution in [2.75, 3.05) is 6.54 Å². The van der Waals surface area contributed by atoms with E-state index in [1.165, 1.54) is 17.5 Å². The molecule has 5 nitrogen and oxygen atoms in total. The molecule has 0 fully saturated rings. The van der Waals surface area contributed by atoms with E-state index in [1.807, 2.05) is 6.07 Å². The molecule has 1 atom stereocenters. The summed E-state index contributed by atoms with van der Waals surface area (Å²) in [6.45, 7) is 0.164. The van der Waals surface area contributed by atoms with Crippen molar-refractivity contribution in [3.8, 4) is 0 Å². The molecule has 2 rings (SSSR count). The number of hydrogen-bond donors (Lipinski definition) is 3. The van der Waals surface area contributed by atoms with Gasteiger partial charge in [0.05, 0.1) is 6.42 Å². The number of carbonyl (C=O) groups excluding carboxylic acids is 1. The van der Waals surface area contributed by atoms with Crippen LogP contribution in [-0.2, 0) is 28.9 Å². The fourth-order valence-corrected chi connectivity index (χ4v) is 2.45. The number of carboxylic acids is 1. The molecule has 3 N–H and O–H groups in total. The minimum absolute atomic E-state index is 0.0191. The maximum absolute atomic E-state index is 11.7. The largest absolute Gasteiger partial charge is 0.479 e. The van der Waals surface area contributed by atoms with E-state index in [9.17, 15) is 9.59 Å². The summed E-state index contributed by atoms with van der Waals surface area (Å²) in [6, 6.07) is 6.13. The zero-order valence-corrected chi connectivity index (χ0v) is 11.3. The van der Waals surface area contributed by atoms with Crippen LogP contribution in [0.5, 0.6) is 0 Å². The standard InChI is InChI=1S/C15H19NO4/c17-13(15(19)20)6-7-16-14(18)9-10-4-5-11-2-1-3-12(11)8-10/h4-5,8,13,17H,1-3,6-7,9H2,(H,16,18)(H,19,20)/t13-/m0/s1. The zero-order valence-electron chi connectivity index (χ0n) is 11.3. The lowest BCUT2D eigenvalue weighted by atomic mass is 10.0. The normalized spacial score (nSPS) is 14.7. The highest BCUT2D eigenvalue weighted by atomic mass is 16.4. The molecule has 0 radical (unpaired) electrons. The molecule has 108 valence electrons. The number of fused-ring (bicyclic) bond motifs is 1. The summed E-state index contributed by atoms with van der Waals surface area (Å²) in [5.74, 6) is -1.42. The molecular formula is C15H19NO4. The van der Waals surface area contributed by atoms with E-state index in [4.69, 9.17) is 10.2 Å². The fourth-order valence-electron chi connectivity index (χ4n) is 2.45. The van der Waals surface area contributed by atoms with E-state index in [1.54, 1.807) is 0 Å². The number of aliphatic carboxylic acids is 1. The molecule has 0 unspecified atom stereocenters. The van der Waals surface area contributed by atoms with Crippen LogP contribution < -0.4 is 5.32 Å². The molecule has 0 heterocycles. The van der Waals surface area contributed by atoms with E-state index < -0.39 is 12.1 Å². The number of rotatable bonds is 6. The SMILES string of the molecule is O=C(Cc1ccc2c(c1)CCC2)NCC[C@H](O)C(=O)O. The van der Waals surface area contributed by atoms with Crippen molar-refractivity contribution in [3.63, 3.8) is 0 Å². The first-order valence-corrected chi connectivity index (χ1v) is 6.84. The smallest absolute Gasteiger partial charge is 0.332 e. The van der Waals surface area contributed by atoms with Crippen molar-refractivity contribution >= 4 is 11.9 Å². The number of hydrogen-bond acceptors (Lipinski definition) is 3. The first-order chi connectivity index (χ1) is 9.56. The molecule has 1 amide bonds. The average Bonchev–Trinajstić information content (AvgIpc) is 2.85. The third-order valence-corrected chi connectivity index (χ3v) is 3.55. The lowest BCUT2D eigenvalue weighted by molar-refractivity contribution is -0.147. The summed E-state index contributed by atoms with van der Waals surface area (Å²) < 4.78 is 0. The zero-order chi connectivity index (χ0) is 14.5. The summed E-state index contributed by atoms with van der Waals surface area (Å²) in [5, 5.41) is 20.2. The first kappa shape index (κ1) is 14.5. The second-order valence-corrected chi connectivity index (χ2v) is 5.13. The Morgan fingerprint density at radius 2 is 2.00 bits per heavy atom. The molecule has 0 bridgehead atoms. The molecule has 5 heteroatoms. The number of aryl methyl sites for hydroxylation is 2. The highest BCUT2D eigenvalue weighted by Crippen LogP contribution is 2.22. The van der Waals surface area contributed by atoms with Crippen molar-refractivity contribution in [2.24, 2.45) is 0 Å². The van der Waals surface area contributed by atoms with Gasteiger partial charge in [0, 0.05) is 13.0 Å². The lowest BCUT2D eigenvalue weighted by Crippen LogP contribution is -2.30. The van der Waals surface area contributed by atoms with Gasteiger partial charge in [-0.15, -0.1) is 0 Å². The van der Waals surface area contributed by atoms with Crippen molar-refractivity contribution < 1.29 is 19.8 Å². The van der Waals surface area contributed by atoms with Crippen molar-refractivity contribution in [3.05, 3.63) is 34.9 Å². The van der Waals surface area contributed by atoms with Gasteiger partial charge in [-0.1, -0.05) is 18.2 Å². The maximum atomic E-state index is 11.7. The minimum Gasteiger partial charge on any atom is -0.479 e. The fraction of sp³-hybridized carbons (Fsp3) is 0.467. The minimum atomic E-state index is -1.42. The third kappa shape index (κ3) is 3.81. The van der Waals surface area contributed by atoms with Crippen molar-refractivity contribution in [1.82, 2.24) is 5.32 Å². The third-order valence-electron chi connectivity index (χ3n) is 3.55. The van der Waals surface area contributed by atoms with Gasteiger partial charge in [0.2, 0.25) is 5.91 Å². The Bertz CT molecular complexity index is 513. The van der Waals surface area contributed by atoms with Crippen molar-refractivity contribution in [1.29, 1.82) is 0 Å². The van der Waals surface area contributed by atoms with Gasteiger partial charge >= 0.3 is 5.97 Å². The van der Waals surface area contributed by atoms with Gasteiger partial charge in [0.25, 0.3) is 0 Å². The second kappa shape index (κ2) is 6.52. The topological polar surface area (TPSA) is 86.6 Å². The number of carboxylic acid groups (broad SMARTS) is 1. The van der Waals surface area contributed by atoms with E-state index in [0.717, 1.165) is 18.4 Å². The Labute approximate surface area is 117 Å². The van der Waals surface area contributed by atoms with Gasteiger partial charge in [-0.3, -0.25) is 4.79 Å². The van der Waals surface area contributed by atoms with Crippen LogP contribution in [0.25, 0.3) is 0 Å². The number of amides is 1. The van der Waals surface area contributed by atoms with Crippen LogP contribution in [0.1, 0.15) is 29.5 Å². The van der Waals surface area contributed by atoms with Crippen LogP contribution in [0.2, 0.25) is 0 Å². The number of aliphatic hydroxyl groups is 1. The average molecular weight is 277 g/mol.